The van der Waals surface area contributed by atoms with Crippen molar-refractivity contribution < 1.29 is 4.74 Å². The molecule has 4 nitrogen and oxygen atoms in total. The summed E-state index contributed by atoms with van der Waals surface area (Å²) in [7, 11) is 0. The molecule has 0 aromatic heterocycles. The van der Waals surface area contributed by atoms with Gasteiger partial charge in [-0.1, -0.05) is 37.3 Å². The van der Waals surface area contributed by atoms with Crippen LogP contribution in [0, 0.1) is 11.8 Å². The number of aliphatic imine (C=N–C) groups is 1. The molecule has 0 amide bonds. The van der Waals surface area contributed by atoms with Crippen molar-refractivity contribution in [2.24, 2.45) is 22.6 Å². The molecule has 0 bridgehead atoms. The Morgan fingerprint density at radius 3 is 2.44 bits per heavy atom. The number of piperidine rings is 1. The van der Waals surface area contributed by atoms with Gasteiger partial charge in [0.15, 0.2) is 5.96 Å². The summed E-state index contributed by atoms with van der Waals surface area (Å²) in [5.41, 5.74) is 7.66. The molecule has 2 heterocycles. The normalized spacial score (nSPS) is 21.6. The van der Waals surface area contributed by atoms with Crippen molar-refractivity contribution in [2.45, 2.75) is 45.1 Å². The molecule has 1 unspecified atom stereocenters. The van der Waals surface area contributed by atoms with Crippen LogP contribution in [0.5, 0.6) is 0 Å². The predicted octanol–water partition coefficient (Wildman–Crippen LogP) is 4.21. The zero-order valence-electron chi connectivity index (χ0n) is 15.3. The number of hydrogen-bond donors (Lipinski definition) is 1. The van der Waals surface area contributed by atoms with Gasteiger partial charge in [0.1, 0.15) is 0 Å². The van der Waals surface area contributed by atoms with Crippen molar-refractivity contribution in [1.82, 2.24) is 4.90 Å². The number of benzene rings is 1. The van der Waals surface area contributed by atoms with Crippen LogP contribution < -0.4 is 5.73 Å². The van der Waals surface area contributed by atoms with Crippen molar-refractivity contribution in [1.29, 1.82) is 0 Å². The molecule has 0 spiro atoms. The van der Waals surface area contributed by atoms with E-state index >= 15 is 0 Å². The minimum atomic E-state index is 0. The fourth-order valence-corrected chi connectivity index (χ4v) is 3.72. The number of guanidine groups is 1. The summed E-state index contributed by atoms with van der Waals surface area (Å²) in [6.45, 7) is 6.16. The van der Waals surface area contributed by atoms with Gasteiger partial charge in [0.25, 0.3) is 0 Å². The van der Waals surface area contributed by atoms with Gasteiger partial charge in [0, 0.05) is 26.3 Å². The van der Waals surface area contributed by atoms with Gasteiger partial charge in [-0.3, -0.25) is 0 Å². The maximum absolute atomic E-state index is 6.39. The summed E-state index contributed by atoms with van der Waals surface area (Å²) in [5, 5.41) is 0. The van der Waals surface area contributed by atoms with Crippen LogP contribution in [-0.4, -0.2) is 37.2 Å². The highest BCUT2D eigenvalue weighted by Gasteiger charge is 2.22. The first kappa shape index (κ1) is 20.5. The van der Waals surface area contributed by atoms with Crippen molar-refractivity contribution in [3.63, 3.8) is 0 Å². The molecule has 25 heavy (non-hydrogen) atoms. The maximum Gasteiger partial charge on any atom is 0.191 e. The average Bonchev–Trinajstić information content (AvgIpc) is 2.63. The Morgan fingerprint density at radius 1 is 1.16 bits per heavy atom. The molecule has 0 saturated carbocycles. The first-order valence-electron chi connectivity index (χ1n) is 9.43. The van der Waals surface area contributed by atoms with Crippen molar-refractivity contribution in [3.8, 4) is 0 Å². The first-order chi connectivity index (χ1) is 11.7. The van der Waals surface area contributed by atoms with Crippen LogP contribution >= 0.6 is 24.0 Å². The Hall–Kier alpha value is -0.820. The second-order valence-electron chi connectivity index (χ2n) is 7.37. The summed E-state index contributed by atoms with van der Waals surface area (Å²) < 4.78 is 5.50. The summed E-state index contributed by atoms with van der Waals surface area (Å²) in [4.78, 5) is 7.23. The highest BCUT2D eigenvalue weighted by Crippen LogP contribution is 2.30. The lowest BCUT2D eigenvalue weighted by molar-refractivity contribution is 0.0618. The Labute approximate surface area is 169 Å². The Balaban J connectivity index is 0.00000225. The zero-order valence-corrected chi connectivity index (χ0v) is 17.6. The van der Waals surface area contributed by atoms with E-state index in [0.29, 0.717) is 5.92 Å². The van der Waals surface area contributed by atoms with E-state index in [1.54, 1.807) is 0 Å². The molecule has 1 atom stereocenters. The molecule has 3 rings (SSSR count). The fourth-order valence-electron chi connectivity index (χ4n) is 3.72. The van der Waals surface area contributed by atoms with E-state index in [1.807, 2.05) is 0 Å². The summed E-state index contributed by atoms with van der Waals surface area (Å²) in [6, 6.07) is 10.8. The van der Waals surface area contributed by atoms with Crippen molar-refractivity contribution >= 4 is 29.9 Å². The van der Waals surface area contributed by atoms with Crippen LogP contribution in [0.2, 0.25) is 0 Å². The second-order valence-corrected chi connectivity index (χ2v) is 7.37. The number of ether oxygens (including phenoxy) is 1. The standard InChI is InChI=1S/C20H31N3O.HI/c1-16-7-11-23(12-8-16)20(21)22-19(18-5-3-2-4-6-18)15-17-9-13-24-14-10-17;/h2-6,16-17,19H,7-15H2,1H3,(H2,21,22);1H. The highest BCUT2D eigenvalue weighted by atomic mass is 127. The number of likely N-dealkylation sites (tertiary alicyclic amines) is 1. The third-order valence-electron chi connectivity index (χ3n) is 5.48. The molecular formula is C20H32IN3O. The molecule has 5 heteroatoms. The topological polar surface area (TPSA) is 50.8 Å². The van der Waals surface area contributed by atoms with E-state index in [9.17, 15) is 0 Å². The zero-order chi connectivity index (χ0) is 16.8. The maximum atomic E-state index is 6.39. The largest absolute Gasteiger partial charge is 0.381 e. The molecule has 2 N–H and O–H groups in total. The van der Waals surface area contributed by atoms with E-state index in [0.717, 1.165) is 57.4 Å². The Morgan fingerprint density at radius 2 is 1.80 bits per heavy atom. The molecular weight excluding hydrogens is 425 g/mol. The van der Waals surface area contributed by atoms with Gasteiger partial charge in [-0.25, -0.2) is 4.99 Å². The van der Waals surface area contributed by atoms with Gasteiger partial charge >= 0.3 is 0 Å². The second kappa shape index (κ2) is 10.4. The number of halogens is 1. The number of nitrogens with zero attached hydrogens (tertiary/aromatic N) is 2. The number of rotatable bonds is 4. The van der Waals surface area contributed by atoms with E-state index in [4.69, 9.17) is 15.5 Å². The van der Waals surface area contributed by atoms with Crippen LogP contribution in [0.4, 0.5) is 0 Å². The van der Waals surface area contributed by atoms with Crippen molar-refractivity contribution in [2.75, 3.05) is 26.3 Å². The van der Waals surface area contributed by atoms with Crippen LogP contribution in [-0.2, 0) is 4.74 Å². The summed E-state index contributed by atoms with van der Waals surface area (Å²) >= 11 is 0. The van der Waals surface area contributed by atoms with Gasteiger partial charge in [0.2, 0.25) is 0 Å². The van der Waals surface area contributed by atoms with Gasteiger partial charge in [-0.15, -0.1) is 24.0 Å². The van der Waals surface area contributed by atoms with Crippen LogP contribution in [0.1, 0.15) is 50.6 Å². The number of hydrogen-bond acceptors (Lipinski definition) is 2. The lowest BCUT2D eigenvalue weighted by Gasteiger charge is -2.32. The minimum absolute atomic E-state index is 0. The van der Waals surface area contributed by atoms with Crippen LogP contribution in [0.25, 0.3) is 0 Å². The molecule has 1 aromatic carbocycles. The molecule has 1 aromatic rings. The van der Waals surface area contributed by atoms with E-state index < -0.39 is 0 Å². The lowest BCUT2D eigenvalue weighted by atomic mass is 9.90. The smallest absolute Gasteiger partial charge is 0.191 e. The Bertz CT molecular complexity index is 523. The van der Waals surface area contributed by atoms with Crippen LogP contribution in [0.3, 0.4) is 0 Å². The van der Waals surface area contributed by atoms with Gasteiger partial charge < -0.3 is 15.4 Å². The molecule has 2 fully saturated rings. The lowest BCUT2D eigenvalue weighted by Crippen LogP contribution is -2.42. The molecule has 140 valence electrons. The molecule has 2 aliphatic rings. The molecule has 0 radical (unpaired) electrons. The first-order valence-corrected chi connectivity index (χ1v) is 9.43. The SMILES string of the molecule is CC1CCN(C(N)=NC(CC2CCOCC2)c2ccccc2)CC1.I. The van der Waals surface area contributed by atoms with Gasteiger partial charge in [0.05, 0.1) is 6.04 Å². The molecule has 2 saturated heterocycles. The van der Waals surface area contributed by atoms with Crippen molar-refractivity contribution in [3.05, 3.63) is 35.9 Å². The third kappa shape index (κ3) is 6.13. The monoisotopic (exact) mass is 457 g/mol. The predicted molar refractivity (Wildman–Crippen MR) is 114 cm³/mol. The summed E-state index contributed by atoms with van der Waals surface area (Å²) in [6.07, 6.45) is 5.77. The van der Waals surface area contributed by atoms with E-state index in [2.05, 4.69) is 42.2 Å². The van der Waals surface area contributed by atoms with Crippen LogP contribution in [0.15, 0.2) is 35.3 Å². The highest BCUT2D eigenvalue weighted by molar-refractivity contribution is 14.0. The van der Waals surface area contributed by atoms with E-state index in [-0.39, 0.29) is 30.0 Å². The fraction of sp³-hybridized carbons (Fsp3) is 0.650. The summed E-state index contributed by atoms with van der Waals surface area (Å²) in [5.74, 6) is 2.21. The minimum Gasteiger partial charge on any atom is -0.381 e. The molecule has 2 aliphatic heterocycles. The Kier molecular flexibility index (Phi) is 8.49. The average molecular weight is 457 g/mol. The molecule has 0 aliphatic carbocycles. The third-order valence-corrected chi connectivity index (χ3v) is 5.48. The number of nitrogens with two attached hydrogens (primary N) is 1. The quantitative estimate of drug-likeness (QED) is 0.419. The van der Waals surface area contributed by atoms with E-state index in [1.165, 1.54) is 18.4 Å². The van der Waals surface area contributed by atoms with Gasteiger partial charge in [-0.2, -0.15) is 0 Å². The van der Waals surface area contributed by atoms with Gasteiger partial charge in [-0.05, 0) is 49.5 Å².